The van der Waals surface area contributed by atoms with Gasteiger partial charge in [0.15, 0.2) is 5.78 Å². The summed E-state index contributed by atoms with van der Waals surface area (Å²) in [6.45, 7) is 0. The largest absolute Gasteiger partial charge is 0.294 e. The zero-order chi connectivity index (χ0) is 11.2. The molecule has 0 unspecified atom stereocenters. The first-order chi connectivity index (χ1) is 7.86. The van der Waals surface area contributed by atoms with Crippen LogP contribution in [0.15, 0.2) is 52.2 Å². The molecular weight excluding hydrogens is 218 g/mol. The molecule has 0 spiro atoms. The lowest BCUT2D eigenvalue weighted by atomic mass is 10.2. The maximum atomic E-state index is 11.6. The van der Waals surface area contributed by atoms with Crippen molar-refractivity contribution < 1.29 is 4.79 Å². The quantitative estimate of drug-likeness (QED) is 0.580. The Morgan fingerprint density at radius 2 is 2.06 bits per heavy atom. The molecule has 0 atom stereocenters. The smallest absolute Gasteiger partial charge is 0.169 e. The third-order valence-corrected chi connectivity index (χ3v) is 2.80. The second-order valence-electron chi connectivity index (χ2n) is 3.29. The topological polar surface area (TPSA) is 29.4 Å². The van der Waals surface area contributed by atoms with Crippen LogP contribution >= 0.6 is 11.3 Å². The number of nitrogens with zero attached hydrogens (tertiary/aromatic N) is 1. The Morgan fingerprint density at radius 1 is 1.25 bits per heavy atom. The number of carbonyl (C=O) groups excluding carboxylic acids is 1. The van der Waals surface area contributed by atoms with E-state index in [0.29, 0.717) is 6.42 Å². The summed E-state index contributed by atoms with van der Waals surface area (Å²) in [6.07, 6.45) is 2.01. The molecule has 1 heterocycles. The average molecular weight is 229 g/mol. The molecule has 2 nitrogen and oxygen atoms in total. The van der Waals surface area contributed by atoms with Crippen molar-refractivity contribution in [2.45, 2.75) is 6.42 Å². The monoisotopic (exact) mass is 229 g/mol. The fourth-order valence-corrected chi connectivity index (χ4v) is 1.95. The van der Waals surface area contributed by atoms with Crippen LogP contribution in [0.25, 0.3) is 0 Å². The van der Waals surface area contributed by atoms with Gasteiger partial charge in [-0.1, -0.05) is 18.2 Å². The van der Waals surface area contributed by atoms with Gasteiger partial charge in [-0.05, 0) is 23.6 Å². The Balaban J connectivity index is 1.93. The molecule has 0 aliphatic heterocycles. The van der Waals surface area contributed by atoms with E-state index >= 15 is 0 Å². The van der Waals surface area contributed by atoms with E-state index in [4.69, 9.17) is 0 Å². The number of hydrogen-bond acceptors (Lipinski definition) is 3. The molecule has 0 saturated carbocycles. The second kappa shape index (κ2) is 5.37. The van der Waals surface area contributed by atoms with Crippen LogP contribution in [0.1, 0.15) is 16.8 Å². The molecule has 0 radical (unpaired) electrons. The number of para-hydroxylation sites is 1. The minimum Gasteiger partial charge on any atom is -0.294 e. The lowest BCUT2D eigenvalue weighted by Crippen LogP contribution is -1.96. The van der Waals surface area contributed by atoms with Gasteiger partial charge in [0.2, 0.25) is 0 Å². The van der Waals surface area contributed by atoms with E-state index in [1.54, 1.807) is 6.21 Å². The van der Waals surface area contributed by atoms with Crippen molar-refractivity contribution >= 4 is 29.0 Å². The van der Waals surface area contributed by atoms with Gasteiger partial charge in [-0.2, -0.15) is 11.3 Å². The van der Waals surface area contributed by atoms with Crippen molar-refractivity contribution in [1.82, 2.24) is 0 Å². The van der Waals surface area contributed by atoms with Crippen LogP contribution in [0.4, 0.5) is 5.69 Å². The van der Waals surface area contributed by atoms with E-state index < -0.39 is 0 Å². The van der Waals surface area contributed by atoms with Crippen LogP contribution < -0.4 is 0 Å². The molecule has 1 aromatic carbocycles. The molecule has 0 saturated heterocycles. The molecule has 0 aliphatic rings. The van der Waals surface area contributed by atoms with Crippen molar-refractivity contribution in [3.05, 3.63) is 52.7 Å². The SMILES string of the molecule is O=C(CC=Nc1ccccc1)c1ccsc1. The zero-order valence-electron chi connectivity index (χ0n) is 8.67. The minimum absolute atomic E-state index is 0.112. The second-order valence-corrected chi connectivity index (χ2v) is 4.07. The highest BCUT2D eigenvalue weighted by molar-refractivity contribution is 7.08. The molecule has 0 fully saturated rings. The maximum Gasteiger partial charge on any atom is 0.169 e. The first-order valence-electron chi connectivity index (χ1n) is 4.99. The summed E-state index contributed by atoms with van der Waals surface area (Å²) < 4.78 is 0. The van der Waals surface area contributed by atoms with Crippen LogP contribution in [-0.2, 0) is 0 Å². The molecule has 80 valence electrons. The van der Waals surface area contributed by atoms with E-state index in [-0.39, 0.29) is 5.78 Å². The van der Waals surface area contributed by atoms with E-state index in [2.05, 4.69) is 4.99 Å². The van der Waals surface area contributed by atoms with Gasteiger partial charge in [0.25, 0.3) is 0 Å². The summed E-state index contributed by atoms with van der Waals surface area (Å²) in [4.78, 5) is 15.8. The number of benzene rings is 1. The summed E-state index contributed by atoms with van der Waals surface area (Å²) in [5.74, 6) is 0.112. The average Bonchev–Trinajstić information content (AvgIpc) is 2.84. The summed E-state index contributed by atoms with van der Waals surface area (Å²) in [5, 5.41) is 3.76. The Labute approximate surface area is 98.3 Å². The maximum absolute atomic E-state index is 11.6. The molecule has 2 rings (SSSR count). The van der Waals surface area contributed by atoms with Crippen molar-refractivity contribution in [2.24, 2.45) is 4.99 Å². The van der Waals surface area contributed by atoms with E-state index in [0.717, 1.165) is 11.3 Å². The molecular formula is C13H11NOS. The number of carbonyl (C=O) groups is 1. The van der Waals surface area contributed by atoms with Crippen LogP contribution in [0.2, 0.25) is 0 Å². The Hall–Kier alpha value is -1.74. The lowest BCUT2D eigenvalue weighted by molar-refractivity contribution is 0.100. The molecule has 0 aliphatic carbocycles. The number of hydrogen-bond donors (Lipinski definition) is 0. The Kier molecular flexibility index (Phi) is 3.62. The standard InChI is InChI=1S/C13H11NOS/c15-13(11-7-9-16-10-11)6-8-14-12-4-2-1-3-5-12/h1-5,7-10H,6H2. The Morgan fingerprint density at radius 3 is 2.75 bits per heavy atom. The van der Waals surface area contributed by atoms with Gasteiger partial charge < -0.3 is 0 Å². The van der Waals surface area contributed by atoms with Crippen LogP contribution in [0.3, 0.4) is 0 Å². The van der Waals surface area contributed by atoms with Crippen molar-refractivity contribution in [3.8, 4) is 0 Å². The molecule has 2 aromatic rings. The third kappa shape index (κ3) is 2.87. The summed E-state index contributed by atoms with van der Waals surface area (Å²) in [5.41, 5.74) is 1.64. The molecule has 16 heavy (non-hydrogen) atoms. The number of Topliss-reactive ketones (excluding diaryl/α,β-unsaturated/α-hetero) is 1. The summed E-state index contributed by atoms with van der Waals surface area (Å²) in [7, 11) is 0. The molecule has 3 heteroatoms. The fraction of sp³-hybridized carbons (Fsp3) is 0.0769. The van der Waals surface area contributed by atoms with Crippen molar-refractivity contribution in [2.75, 3.05) is 0 Å². The highest BCUT2D eigenvalue weighted by Gasteiger charge is 2.03. The van der Waals surface area contributed by atoms with Crippen molar-refractivity contribution in [3.63, 3.8) is 0 Å². The van der Waals surface area contributed by atoms with Crippen LogP contribution in [0.5, 0.6) is 0 Å². The highest BCUT2D eigenvalue weighted by Crippen LogP contribution is 2.10. The summed E-state index contributed by atoms with van der Waals surface area (Å²) >= 11 is 1.53. The summed E-state index contributed by atoms with van der Waals surface area (Å²) in [6, 6.07) is 11.4. The van der Waals surface area contributed by atoms with E-state index in [9.17, 15) is 4.79 Å². The first kappa shape index (κ1) is 10.8. The lowest BCUT2D eigenvalue weighted by Gasteiger charge is -1.92. The molecule has 0 N–H and O–H groups in total. The van der Waals surface area contributed by atoms with Gasteiger partial charge in [-0.25, -0.2) is 0 Å². The zero-order valence-corrected chi connectivity index (χ0v) is 9.48. The highest BCUT2D eigenvalue weighted by atomic mass is 32.1. The predicted molar refractivity (Wildman–Crippen MR) is 67.9 cm³/mol. The van der Waals surface area contributed by atoms with Gasteiger partial charge in [0, 0.05) is 23.6 Å². The molecule has 1 aromatic heterocycles. The Bertz CT molecular complexity index is 474. The third-order valence-electron chi connectivity index (χ3n) is 2.12. The minimum atomic E-state index is 0.112. The molecule has 0 amide bonds. The number of thiophene rings is 1. The van der Waals surface area contributed by atoms with E-state index in [1.807, 2.05) is 47.2 Å². The normalized spacial score (nSPS) is 10.8. The van der Waals surface area contributed by atoms with Gasteiger partial charge in [0.1, 0.15) is 0 Å². The number of aliphatic imine (C=N–C) groups is 1. The van der Waals surface area contributed by atoms with Gasteiger partial charge in [0.05, 0.1) is 5.69 Å². The van der Waals surface area contributed by atoms with E-state index in [1.165, 1.54) is 11.3 Å². The van der Waals surface area contributed by atoms with Gasteiger partial charge in [-0.15, -0.1) is 0 Å². The number of rotatable bonds is 4. The number of ketones is 1. The predicted octanol–water partition coefficient (Wildman–Crippen LogP) is 3.72. The van der Waals surface area contributed by atoms with Gasteiger partial charge in [-0.3, -0.25) is 9.79 Å². The van der Waals surface area contributed by atoms with Crippen LogP contribution in [-0.4, -0.2) is 12.0 Å². The fourth-order valence-electron chi connectivity index (χ4n) is 1.29. The van der Waals surface area contributed by atoms with Gasteiger partial charge >= 0.3 is 0 Å². The molecule has 0 bridgehead atoms. The van der Waals surface area contributed by atoms with Crippen LogP contribution in [0, 0.1) is 0 Å². The van der Waals surface area contributed by atoms with Crippen molar-refractivity contribution in [1.29, 1.82) is 0 Å². The first-order valence-corrected chi connectivity index (χ1v) is 5.93.